The third-order valence-corrected chi connectivity index (χ3v) is 4.83. The predicted molar refractivity (Wildman–Crippen MR) is 58.9 cm³/mol. The fraction of sp³-hybridized carbons (Fsp3) is 0.444. The second-order valence-electron chi connectivity index (χ2n) is 3.42. The maximum atomic E-state index is 11.8. The van der Waals surface area contributed by atoms with E-state index in [2.05, 4.69) is 0 Å². The van der Waals surface area contributed by atoms with Crippen molar-refractivity contribution in [2.45, 2.75) is 0 Å². The summed E-state index contributed by atoms with van der Waals surface area (Å²) in [5.74, 6) is 0.119. The Morgan fingerprint density at radius 3 is 2.53 bits per heavy atom. The average molecular weight is 245 g/mol. The first-order valence-electron chi connectivity index (χ1n) is 4.62. The van der Waals surface area contributed by atoms with Gasteiger partial charge < -0.3 is 4.90 Å². The third kappa shape index (κ3) is 2.38. The molecule has 1 amide bonds. The first-order valence-corrected chi connectivity index (χ1v) is 7.32. The summed E-state index contributed by atoms with van der Waals surface area (Å²) in [7, 11) is -2.91. The van der Waals surface area contributed by atoms with Crippen LogP contribution in [0.2, 0.25) is 0 Å². The highest BCUT2D eigenvalue weighted by Crippen LogP contribution is 2.14. The largest absolute Gasteiger partial charge is 0.336 e. The van der Waals surface area contributed by atoms with Crippen molar-refractivity contribution in [3.8, 4) is 0 Å². The maximum Gasteiger partial charge on any atom is 0.263 e. The summed E-state index contributed by atoms with van der Waals surface area (Å²) in [6, 6.07) is 3.58. The first-order chi connectivity index (χ1) is 7.08. The first kappa shape index (κ1) is 10.6. The highest BCUT2D eigenvalue weighted by molar-refractivity contribution is 7.91. The zero-order valence-corrected chi connectivity index (χ0v) is 9.68. The van der Waals surface area contributed by atoms with Crippen LogP contribution >= 0.6 is 11.3 Å². The van der Waals surface area contributed by atoms with Crippen molar-refractivity contribution in [2.24, 2.45) is 0 Å². The van der Waals surface area contributed by atoms with Crippen LogP contribution in [0.3, 0.4) is 0 Å². The molecule has 0 unspecified atom stereocenters. The lowest BCUT2D eigenvalue weighted by Crippen LogP contribution is -2.43. The van der Waals surface area contributed by atoms with Crippen LogP contribution in [0.4, 0.5) is 0 Å². The number of sulfone groups is 1. The summed E-state index contributed by atoms with van der Waals surface area (Å²) in [5.41, 5.74) is 0. The summed E-state index contributed by atoms with van der Waals surface area (Å²) in [6.45, 7) is 0.637. The van der Waals surface area contributed by atoms with Crippen molar-refractivity contribution in [1.29, 1.82) is 0 Å². The van der Waals surface area contributed by atoms with E-state index >= 15 is 0 Å². The molecule has 0 N–H and O–H groups in total. The molecule has 0 aromatic carbocycles. The van der Waals surface area contributed by atoms with Crippen molar-refractivity contribution < 1.29 is 13.2 Å². The molecule has 0 aliphatic carbocycles. The quantitative estimate of drug-likeness (QED) is 0.729. The summed E-state index contributed by atoms with van der Waals surface area (Å²) in [5, 5.41) is 1.84. The highest BCUT2D eigenvalue weighted by Gasteiger charge is 2.25. The molecule has 1 fully saturated rings. The lowest BCUT2D eigenvalue weighted by Gasteiger charge is -2.26. The molecule has 0 saturated carbocycles. The summed E-state index contributed by atoms with van der Waals surface area (Å²) in [6.07, 6.45) is 0. The number of thiophene rings is 1. The molecule has 1 saturated heterocycles. The number of hydrogen-bond donors (Lipinski definition) is 0. The van der Waals surface area contributed by atoms with Crippen LogP contribution in [-0.2, 0) is 9.84 Å². The van der Waals surface area contributed by atoms with E-state index in [0.29, 0.717) is 18.0 Å². The van der Waals surface area contributed by atoms with Gasteiger partial charge in [-0.2, -0.15) is 0 Å². The Morgan fingerprint density at radius 2 is 2.00 bits per heavy atom. The van der Waals surface area contributed by atoms with Gasteiger partial charge >= 0.3 is 0 Å². The van der Waals surface area contributed by atoms with E-state index in [4.69, 9.17) is 0 Å². The maximum absolute atomic E-state index is 11.8. The SMILES string of the molecule is O=C(c1cccs1)N1CCS(=O)(=O)CC1. The van der Waals surface area contributed by atoms with Gasteiger partial charge in [-0.1, -0.05) is 6.07 Å². The van der Waals surface area contributed by atoms with Gasteiger partial charge in [-0.05, 0) is 11.4 Å². The van der Waals surface area contributed by atoms with Crippen molar-refractivity contribution >= 4 is 27.1 Å². The zero-order chi connectivity index (χ0) is 10.9. The third-order valence-electron chi connectivity index (χ3n) is 2.36. The monoisotopic (exact) mass is 245 g/mol. The Bertz CT molecular complexity index is 436. The van der Waals surface area contributed by atoms with Gasteiger partial charge in [0.25, 0.3) is 5.91 Å². The molecular formula is C9H11NO3S2. The zero-order valence-electron chi connectivity index (χ0n) is 8.05. The second kappa shape index (κ2) is 3.94. The smallest absolute Gasteiger partial charge is 0.263 e. The van der Waals surface area contributed by atoms with Crippen LogP contribution in [0, 0.1) is 0 Å². The van der Waals surface area contributed by atoms with E-state index in [9.17, 15) is 13.2 Å². The van der Waals surface area contributed by atoms with E-state index in [0.717, 1.165) is 0 Å². The summed E-state index contributed by atoms with van der Waals surface area (Å²) < 4.78 is 22.3. The van der Waals surface area contributed by atoms with E-state index in [1.54, 1.807) is 11.0 Å². The van der Waals surface area contributed by atoms with Crippen molar-refractivity contribution in [3.05, 3.63) is 22.4 Å². The fourth-order valence-corrected chi connectivity index (χ4v) is 3.36. The van der Waals surface area contributed by atoms with Gasteiger partial charge in [0, 0.05) is 13.1 Å². The lowest BCUT2D eigenvalue weighted by molar-refractivity contribution is 0.0775. The highest BCUT2D eigenvalue weighted by atomic mass is 32.2. The Hall–Kier alpha value is -0.880. The molecule has 2 rings (SSSR count). The van der Waals surface area contributed by atoms with E-state index in [1.165, 1.54) is 11.3 Å². The van der Waals surface area contributed by atoms with E-state index < -0.39 is 9.84 Å². The molecule has 1 aliphatic heterocycles. The number of hydrogen-bond acceptors (Lipinski definition) is 4. The molecular weight excluding hydrogens is 234 g/mol. The standard InChI is InChI=1S/C9H11NO3S2/c11-9(8-2-1-5-14-8)10-3-6-15(12,13)7-4-10/h1-2,5H,3-4,6-7H2. The minimum atomic E-state index is -2.91. The molecule has 15 heavy (non-hydrogen) atoms. The molecule has 82 valence electrons. The van der Waals surface area contributed by atoms with Gasteiger partial charge in [-0.15, -0.1) is 11.3 Å². The molecule has 0 bridgehead atoms. The molecule has 2 heterocycles. The van der Waals surface area contributed by atoms with Crippen LogP contribution in [0.5, 0.6) is 0 Å². The van der Waals surface area contributed by atoms with Gasteiger partial charge in [0.05, 0.1) is 16.4 Å². The molecule has 1 aromatic heterocycles. The van der Waals surface area contributed by atoms with Crippen molar-refractivity contribution in [3.63, 3.8) is 0 Å². The van der Waals surface area contributed by atoms with Crippen molar-refractivity contribution in [1.82, 2.24) is 4.90 Å². The molecule has 1 aliphatic rings. The normalized spacial score (nSPS) is 20.1. The molecule has 1 aromatic rings. The Labute approximate surface area is 92.4 Å². The molecule has 4 nitrogen and oxygen atoms in total. The second-order valence-corrected chi connectivity index (χ2v) is 6.67. The fourth-order valence-electron chi connectivity index (χ4n) is 1.47. The Kier molecular flexibility index (Phi) is 2.79. The van der Waals surface area contributed by atoms with Crippen molar-refractivity contribution in [2.75, 3.05) is 24.6 Å². The number of carbonyl (C=O) groups is 1. The number of nitrogens with zero attached hydrogens (tertiary/aromatic N) is 1. The molecule has 0 radical (unpaired) electrons. The van der Waals surface area contributed by atoms with Crippen LogP contribution < -0.4 is 0 Å². The van der Waals surface area contributed by atoms with Gasteiger partial charge in [0.1, 0.15) is 0 Å². The average Bonchev–Trinajstić information content (AvgIpc) is 2.69. The Morgan fingerprint density at radius 1 is 1.33 bits per heavy atom. The van der Waals surface area contributed by atoms with Gasteiger partial charge in [0.15, 0.2) is 9.84 Å². The van der Waals surface area contributed by atoms with Crippen LogP contribution in [0.25, 0.3) is 0 Å². The topological polar surface area (TPSA) is 54.5 Å². The van der Waals surface area contributed by atoms with Crippen LogP contribution in [-0.4, -0.2) is 43.8 Å². The molecule has 0 atom stereocenters. The molecule has 6 heteroatoms. The minimum absolute atomic E-state index is 0.0556. The number of amides is 1. The number of carbonyl (C=O) groups excluding carboxylic acids is 1. The number of rotatable bonds is 1. The summed E-state index contributed by atoms with van der Waals surface area (Å²) >= 11 is 1.38. The van der Waals surface area contributed by atoms with Crippen LogP contribution in [0.15, 0.2) is 17.5 Å². The lowest BCUT2D eigenvalue weighted by atomic mass is 10.4. The minimum Gasteiger partial charge on any atom is -0.336 e. The van der Waals surface area contributed by atoms with Gasteiger partial charge in [-0.3, -0.25) is 4.79 Å². The van der Waals surface area contributed by atoms with E-state index in [-0.39, 0.29) is 17.4 Å². The summed E-state index contributed by atoms with van der Waals surface area (Å²) in [4.78, 5) is 14.1. The van der Waals surface area contributed by atoms with Gasteiger partial charge in [0.2, 0.25) is 0 Å². The van der Waals surface area contributed by atoms with Gasteiger partial charge in [-0.25, -0.2) is 8.42 Å². The molecule has 0 spiro atoms. The van der Waals surface area contributed by atoms with E-state index in [1.807, 2.05) is 11.4 Å². The van der Waals surface area contributed by atoms with Crippen LogP contribution in [0.1, 0.15) is 9.67 Å². The predicted octanol–water partition coefficient (Wildman–Crippen LogP) is 0.619. The Balaban J connectivity index is 2.06.